The molecule has 8 heteroatoms. The van der Waals surface area contributed by atoms with Crippen LogP contribution >= 0.6 is 0 Å². The minimum Gasteiger partial charge on any atom is -0.481 e. The van der Waals surface area contributed by atoms with Crippen molar-refractivity contribution in [3.8, 4) is 0 Å². The number of likely N-dealkylation sites (tertiary alicyclic amines) is 1. The van der Waals surface area contributed by atoms with E-state index in [1.54, 1.807) is 12.1 Å². The molecule has 26 heavy (non-hydrogen) atoms. The summed E-state index contributed by atoms with van der Waals surface area (Å²) in [6, 6.07) is 6.83. The predicted octanol–water partition coefficient (Wildman–Crippen LogP) is 1.20. The molecule has 0 aromatic heterocycles. The summed E-state index contributed by atoms with van der Waals surface area (Å²) in [4.78, 5) is 24.5. The predicted molar refractivity (Wildman–Crippen MR) is 97.0 cm³/mol. The van der Waals surface area contributed by atoms with Crippen LogP contribution in [0.2, 0.25) is 6.32 Å². The molecule has 0 bridgehead atoms. The van der Waals surface area contributed by atoms with E-state index in [0.717, 1.165) is 31.5 Å². The van der Waals surface area contributed by atoms with Crippen LogP contribution in [0.5, 0.6) is 0 Å². The third-order valence-corrected chi connectivity index (χ3v) is 5.01. The zero-order chi connectivity index (χ0) is 19.1. The van der Waals surface area contributed by atoms with Crippen LogP contribution < -0.4 is 0 Å². The van der Waals surface area contributed by atoms with E-state index in [4.69, 9.17) is 15.2 Å². The van der Waals surface area contributed by atoms with Crippen LogP contribution in [-0.4, -0.2) is 63.9 Å². The van der Waals surface area contributed by atoms with E-state index in [-0.39, 0.29) is 17.8 Å². The topological polar surface area (TPSA) is 118 Å². The third kappa shape index (κ3) is 6.12. The van der Waals surface area contributed by atoms with Crippen LogP contribution in [0.4, 0.5) is 0 Å². The fourth-order valence-corrected chi connectivity index (χ4v) is 3.60. The zero-order valence-electron chi connectivity index (χ0n) is 14.8. The van der Waals surface area contributed by atoms with Gasteiger partial charge in [-0.05, 0) is 55.7 Å². The molecule has 1 aromatic rings. The van der Waals surface area contributed by atoms with Crippen LogP contribution in [0.1, 0.15) is 35.2 Å². The van der Waals surface area contributed by atoms with E-state index < -0.39 is 25.0 Å². The molecule has 1 heterocycles. The second-order valence-corrected chi connectivity index (χ2v) is 6.98. The maximum Gasteiger partial charge on any atom is 0.451 e. The number of benzene rings is 1. The molecule has 0 aliphatic carbocycles. The highest BCUT2D eigenvalue weighted by Gasteiger charge is 2.36. The van der Waals surface area contributed by atoms with Gasteiger partial charge in [0, 0.05) is 13.1 Å². The quantitative estimate of drug-likeness (QED) is 0.461. The van der Waals surface area contributed by atoms with Gasteiger partial charge in [-0.15, -0.1) is 0 Å². The molecule has 0 radical (unpaired) electrons. The fraction of sp³-hybridized carbons (Fsp3) is 0.556. The highest BCUT2D eigenvalue weighted by Crippen LogP contribution is 2.28. The number of hydrogen-bond donors (Lipinski definition) is 4. The molecular weight excluding hydrogens is 337 g/mol. The van der Waals surface area contributed by atoms with Gasteiger partial charge in [-0.3, -0.25) is 4.79 Å². The lowest BCUT2D eigenvalue weighted by Crippen LogP contribution is -2.24. The Bertz CT molecular complexity index is 606. The number of hydrogen-bond acceptors (Lipinski definition) is 5. The molecule has 2 atom stereocenters. The Morgan fingerprint density at radius 2 is 1.77 bits per heavy atom. The Kier molecular flexibility index (Phi) is 7.62. The van der Waals surface area contributed by atoms with Crippen molar-refractivity contribution in [3.05, 3.63) is 35.4 Å². The Labute approximate surface area is 153 Å². The first-order valence-electron chi connectivity index (χ1n) is 9.00. The second-order valence-electron chi connectivity index (χ2n) is 6.98. The van der Waals surface area contributed by atoms with Crippen LogP contribution in [0.25, 0.3) is 0 Å². The monoisotopic (exact) mass is 363 g/mol. The lowest BCUT2D eigenvalue weighted by atomic mass is 9.80. The molecule has 0 saturated carbocycles. The smallest absolute Gasteiger partial charge is 0.451 e. The highest BCUT2D eigenvalue weighted by molar-refractivity contribution is 6.40. The first-order chi connectivity index (χ1) is 12.4. The molecule has 2 rings (SSSR count). The maximum atomic E-state index is 11.5. The van der Waals surface area contributed by atoms with Crippen molar-refractivity contribution in [1.82, 2.24) is 4.90 Å². The van der Waals surface area contributed by atoms with Crippen molar-refractivity contribution >= 4 is 19.1 Å². The largest absolute Gasteiger partial charge is 0.481 e. The molecule has 1 saturated heterocycles. The van der Waals surface area contributed by atoms with Gasteiger partial charge < -0.3 is 25.2 Å². The van der Waals surface area contributed by atoms with E-state index in [1.807, 2.05) is 12.1 Å². The number of aliphatic carboxylic acids is 1. The van der Waals surface area contributed by atoms with Crippen LogP contribution in [0, 0.1) is 11.8 Å². The number of carbonyl (C=O) groups is 2. The van der Waals surface area contributed by atoms with Crippen LogP contribution in [0.3, 0.4) is 0 Å². The molecule has 1 fully saturated rings. The summed E-state index contributed by atoms with van der Waals surface area (Å²) in [7, 11) is -1.33. The SMILES string of the molecule is O=C(O)c1ccc(CCCN2C[C@H](CCCB(O)O)[C@H](C(=O)O)C2)cc1. The maximum absolute atomic E-state index is 11.5. The van der Waals surface area contributed by atoms with Gasteiger partial charge >= 0.3 is 19.1 Å². The van der Waals surface area contributed by atoms with E-state index >= 15 is 0 Å². The van der Waals surface area contributed by atoms with E-state index in [1.165, 1.54) is 0 Å². The van der Waals surface area contributed by atoms with Crippen molar-refractivity contribution in [2.24, 2.45) is 11.8 Å². The van der Waals surface area contributed by atoms with Gasteiger partial charge in [0.2, 0.25) is 0 Å². The highest BCUT2D eigenvalue weighted by atomic mass is 16.4. The number of aromatic carboxylic acids is 1. The molecule has 1 aliphatic heterocycles. The first-order valence-corrected chi connectivity index (χ1v) is 9.00. The normalized spacial score (nSPS) is 20.2. The van der Waals surface area contributed by atoms with Crippen molar-refractivity contribution < 1.29 is 29.9 Å². The van der Waals surface area contributed by atoms with Gasteiger partial charge in [0.15, 0.2) is 0 Å². The third-order valence-electron chi connectivity index (χ3n) is 5.01. The van der Waals surface area contributed by atoms with Gasteiger partial charge in [0.25, 0.3) is 0 Å². The molecular formula is C18H26BNO6. The summed E-state index contributed by atoms with van der Waals surface area (Å²) in [5.41, 5.74) is 1.34. The van der Waals surface area contributed by atoms with E-state index in [0.29, 0.717) is 19.4 Å². The minimum absolute atomic E-state index is 0.0427. The number of nitrogens with zero attached hydrogens (tertiary/aromatic N) is 1. The second kappa shape index (κ2) is 9.71. The summed E-state index contributed by atoms with van der Waals surface area (Å²) in [6.07, 6.45) is 3.25. The van der Waals surface area contributed by atoms with E-state index in [9.17, 15) is 14.7 Å². The molecule has 0 amide bonds. The summed E-state index contributed by atoms with van der Waals surface area (Å²) in [5.74, 6) is -2.08. The van der Waals surface area contributed by atoms with Crippen LogP contribution in [0.15, 0.2) is 24.3 Å². The van der Waals surface area contributed by atoms with Crippen LogP contribution in [-0.2, 0) is 11.2 Å². The summed E-state index contributed by atoms with van der Waals surface area (Å²) < 4.78 is 0. The molecule has 1 aromatic carbocycles. The zero-order valence-corrected chi connectivity index (χ0v) is 14.8. The molecule has 1 aliphatic rings. The Morgan fingerprint density at radius 1 is 1.08 bits per heavy atom. The molecule has 142 valence electrons. The molecule has 7 nitrogen and oxygen atoms in total. The van der Waals surface area contributed by atoms with Gasteiger partial charge in [0.1, 0.15) is 0 Å². The first kappa shape index (κ1) is 20.4. The Hall–Kier alpha value is -1.90. The number of carboxylic acids is 2. The van der Waals surface area contributed by atoms with E-state index in [2.05, 4.69) is 4.90 Å². The lowest BCUT2D eigenvalue weighted by molar-refractivity contribution is -0.142. The summed E-state index contributed by atoms with van der Waals surface area (Å²) in [6.45, 7) is 2.04. The fourth-order valence-electron chi connectivity index (χ4n) is 3.60. The molecule has 0 spiro atoms. The van der Waals surface area contributed by atoms with Gasteiger partial charge in [-0.25, -0.2) is 4.79 Å². The summed E-state index contributed by atoms with van der Waals surface area (Å²) >= 11 is 0. The number of aryl methyl sites for hydroxylation is 1. The summed E-state index contributed by atoms with van der Waals surface area (Å²) in [5, 5.41) is 36.2. The lowest BCUT2D eigenvalue weighted by Gasteiger charge is -2.15. The molecule has 4 N–H and O–H groups in total. The Balaban J connectivity index is 1.78. The number of carboxylic acid groups (broad SMARTS) is 2. The van der Waals surface area contributed by atoms with Gasteiger partial charge in [-0.1, -0.05) is 18.6 Å². The average Bonchev–Trinajstić information content (AvgIpc) is 2.98. The van der Waals surface area contributed by atoms with Gasteiger partial charge in [0.05, 0.1) is 11.5 Å². The molecule has 0 unspecified atom stereocenters. The standard InChI is InChI=1S/C18H26BNO6/c21-17(22)14-7-5-13(6-8-14)3-2-10-20-11-15(4-1-9-19(25)26)16(12-20)18(23)24/h5-8,15-16,25-26H,1-4,9-12H2,(H,21,22)(H,23,24)/t15-,16+/m0/s1. The minimum atomic E-state index is -1.33. The Morgan fingerprint density at radius 3 is 2.35 bits per heavy atom. The van der Waals surface area contributed by atoms with Gasteiger partial charge in [-0.2, -0.15) is 0 Å². The number of rotatable bonds is 10. The van der Waals surface area contributed by atoms with Crippen molar-refractivity contribution in [3.63, 3.8) is 0 Å². The van der Waals surface area contributed by atoms with Crippen molar-refractivity contribution in [2.45, 2.75) is 32.0 Å². The van der Waals surface area contributed by atoms with Crippen molar-refractivity contribution in [2.75, 3.05) is 19.6 Å². The average molecular weight is 363 g/mol. The van der Waals surface area contributed by atoms with Crippen molar-refractivity contribution in [1.29, 1.82) is 0 Å².